The van der Waals surface area contributed by atoms with E-state index in [4.69, 9.17) is 0 Å². The second kappa shape index (κ2) is 5.28. The number of hydrogen-bond acceptors (Lipinski definition) is 0. The van der Waals surface area contributed by atoms with Crippen LogP contribution in [0.1, 0.15) is 6.42 Å². The zero-order valence-corrected chi connectivity index (χ0v) is 11.0. The summed E-state index contributed by atoms with van der Waals surface area (Å²) in [6, 6.07) is 0. The van der Waals surface area contributed by atoms with Gasteiger partial charge in [0, 0.05) is 0 Å². The highest BCUT2D eigenvalue weighted by molar-refractivity contribution is 7.56. The second-order valence-electron chi connectivity index (χ2n) is 4.21. The van der Waals surface area contributed by atoms with Crippen molar-refractivity contribution in [3.05, 3.63) is 23.3 Å². The molecule has 0 heterocycles. The lowest BCUT2D eigenvalue weighted by molar-refractivity contribution is 1.22. The summed E-state index contributed by atoms with van der Waals surface area (Å²) in [7, 11) is 0.481. The molecule has 13 heavy (non-hydrogen) atoms. The molecule has 0 atom stereocenters. The van der Waals surface area contributed by atoms with Gasteiger partial charge in [-0.15, -0.1) is 15.8 Å². The normalized spacial score (nSPS) is 16.8. The van der Waals surface area contributed by atoms with Gasteiger partial charge >= 0.3 is 0 Å². The van der Waals surface area contributed by atoms with Gasteiger partial charge in [-0.1, -0.05) is 17.7 Å². The molecule has 1 aliphatic carbocycles. The van der Waals surface area contributed by atoms with Crippen LogP contribution in [0, 0.1) is 0 Å². The van der Waals surface area contributed by atoms with Crippen molar-refractivity contribution in [1.29, 1.82) is 0 Å². The third-order valence-corrected chi connectivity index (χ3v) is 4.12. The minimum Gasteiger partial charge on any atom is -0.109 e. The van der Waals surface area contributed by atoms with Crippen molar-refractivity contribution in [3.8, 4) is 0 Å². The standard InChI is InChI=1S/C11H20P2/c1-12(2)8-10-6-5-7-11(10)9-13(3)4/h5-6H,7-9H2,1-4H3. The van der Waals surface area contributed by atoms with E-state index in [1.54, 1.807) is 11.1 Å². The van der Waals surface area contributed by atoms with Crippen LogP contribution < -0.4 is 0 Å². The number of allylic oxidation sites excluding steroid dienone is 4. The zero-order chi connectivity index (χ0) is 9.84. The Morgan fingerprint density at radius 3 is 2.23 bits per heavy atom. The molecular weight excluding hydrogens is 194 g/mol. The highest BCUT2D eigenvalue weighted by Gasteiger charge is 2.11. The van der Waals surface area contributed by atoms with E-state index in [1.165, 1.54) is 18.7 Å². The summed E-state index contributed by atoms with van der Waals surface area (Å²) in [4.78, 5) is 0. The van der Waals surface area contributed by atoms with Crippen LogP contribution in [-0.2, 0) is 0 Å². The summed E-state index contributed by atoms with van der Waals surface area (Å²) in [5, 5.41) is 0. The van der Waals surface area contributed by atoms with Crippen LogP contribution in [-0.4, -0.2) is 39.0 Å². The molecule has 0 saturated heterocycles. The summed E-state index contributed by atoms with van der Waals surface area (Å²) < 4.78 is 0. The van der Waals surface area contributed by atoms with Gasteiger partial charge in [-0.05, 0) is 51.0 Å². The first-order chi connectivity index (χ1) is 6.09. The van der Waals surface area contributed by atoms with E-state index in [9.17, 15) is 0 Å². The van der Waals surface area contributed by atoms with Crippen molar-refractivity contribution in [3.63, 3.8) is 0 Å². The second-order valence-corrected chi connectivity index (χ2v) is 9.16. The molecule has 0 saturated carbocycles. The molecule has 0 bridgehead atoms. The molecule has 0 N–H and O–H groups in total. The van der Waals surface area contributed by atoms with Crippen LogP contribution in [0.4, 0.5) is 0 Å². The van der Waals surface area contributed by atoms with Gasteiger partial charge in [-0.2, -0.15) is 0 Å². The Kier molecular flexibility index (Phi) is 4.63. The van der Waals surface area contributed by atoms with Gasteiger partial charge in [-0.25, -0.2) is 0 Å². The van der Waals surface area contributed by atoms with Gasteiger partial charge in [0.25, 0.3) is 0 Å². The Labute approximate surface area is 85.0 Å². The zero-order valence-electron chi connectivity index (χ0n) is 9.17. The average molecular weight is 214 g/mol. The largest absolute Gasteiger partial charge is 0.109 e. The maximum atomic E-state index is 2.37. The van der Waals surface area contributed by atoms with Crippen LogP contribution in [0.5, 0.6) is 0 Å². The van der Waals surface area contributed by atoms with Crippen LogP contribution in [0.2, 0.25) is 0 Å². The molecule has 0 aromatic carbocycles. The van der Waals surface area contributed by atoms with Crippen molar-refractivity contribution in [2.75, 3.05) is 39.0 Å². The topological polar surface area (TPSA) is 0 Å². The average Bonchev–Trinajstić information content (AvgIpc) is 2.34. The maximum absolute atomic E-state index is 2.37. The minimum absolute atomic E-state index is 0.235. The van der Waals surface area contributed by atoms with Crippen LogP contribution in [0.25, 0.3) is 0 Å². The van der Waals surface area contributed by atoms with Gasteiger partial charge in [-0.3, -0.25) is 0 Å². The van der Waals surface area contributed by atoms with Crippen LogP contribution in [0.15, 0.2) is 23.3 Å². The highest BCUT2D eigenvalue weighted by Crippen LogP contribution is 2.37. The summed E-state index contributed by atoms with van der Waals surface area (Å²) in [6.45, 7) is 9.48. The molecule has 0 fully saturated rings. The molecule has 0 nitrogen and oxygen atoms in total. The Bertz CT molecular complexity index is 224. The molecule has 0 unspecified atom stereocenters. The van der Waals surface area contributed by atoms with Crippen molar-refractivity contribution < 1.29 is 0 Å². The molecule has 2 heteroatoms. The summed E-state index contributed by atoms with van der Waals surface area (Å²) in [6.07, 6.45) is 8.63. The first-order valence-electron chi connectivity index (χ1n) is 4.76. The molecule has 1 aliphatic rings. The molecule has 0 aromatic rings. The van der Waals surface area contributed by atoms with Gasteiger partial charge in [0.1, 0.15) is 0 Å². The first-order valence-corrected chi connectivity index (χ1v) is 9.60. The van der Waals surface area contributed by atoms with E-state index >= 15 is 0 Å². The van der Waals surface area contributed by atoms with Crippen molar-refractivity contribution in [1.82, 2.24) is 0 Å². The van der Waals surface area contributed by atoms with E-state index in [1.807, 2.05) is 0 Å². The quantitative estimate of drug-likeness (QED) is 0.625. The summed E-state index contributed by atoms with van der Waals surface area (Å²) in [5.41, 5.74) is 3.39. The van der Waals surface area contributed by atoms with Crippen molar-refractivity contribution in [2.45, 2.75) is 6.42 Å². The molecule has 0 spiro atoms. The Hall–Kier alpha value is 0.340. The fourth-order valence-electron chi connectivity index (χ4n) is 1.65. The van der Waals surface area contributed by atoms with Gasteiger partial charge in [0.05, 0.1) is 0 Å². The third kappa shape index (κ3) is 3.92. The maximum Gasteiger partial charge on any atom is -0.00784 e. The Morgan fingerprint density at radius 2 is 1.69 bits per heavy atom. The fourth-order valence-corrected chi connectivity index (χ4v) is 3.75. The molecular formula is C11H20P2. The lowest BCUT2D eigenvalue weighted by Crippen LogP contribution is -1.93. The number of rotatable bonds is 4. The minimum atomic E-state index is 0.235. The van der Waals surface area contributed by atoms with Crippen molar-refractivity contribution in [2.24, 2.45) is 0 Å². The monoisotopic (exact) mass is 214 g/mol. The molecule has 0 aliphatic heterocycles. The molecule has 1 rings (SSSR count). The first kappa shape index (κ1) is 11.4. The lowest BCUT2D eigenvalue weighted by atomic mass is 10.2. The Morgan fingerprint density at radius 1 is 1.08 bits per heavy atom. The smallest absolute Gasteiger partial charge is 0.00784 e. The predicted octanol–water partition coefficient (Wildman–Crippen LogP) is 3.73. The van der Waals surface area contributed by atoms with Crippen molar-refractivity contribution >= 4 is 15.8 Å². The molecule has 0 aromatic heterocycles. The van der Waals surface area contributed by atoms with Gasteiger partial charge < -0.3 is 0 Å². The van der Waals surface area contributed by atoms with Crippen LogP contribution in [0.3, 0.4) is 0 Å². The SMILES string of the molecule is CP(C)CC1=C(CP(C)C)CC=C1. The van der Waals surface area contributed by atoms with E-state index in [0.29, 0.717) is 0 Å². The molecule has 0 amide bonds. The third-order valence-electron chi connectivity index (χ3n) is 2.13. The van der Waals surface area contributed by atoms with E-state index < -0.39 is 0 Å². The molecule has 0 radical (unpaired) electrons. The molecule has 74 valence electrons. The van der Waals surface area contributed by atoms with E-state index in [2.05, 4.69) is 38.8 Å². The predicted molar refractivity (Wildman–Crippen MR) is 68.1 cm³/mol. The Balaban J connectivity index is 2.59. The van der Waals surface area contributed by atoms with E-state index in [-0.39, 0.29) is 15.8 Å². The summed E-state index contributed by atoms with van der Waals surface area (Å²) in [5.74, 6) is 0. The van der Waals surface area contributed by atoms with E-state index in [0.717, 1.165) is 0 Å². The summed E-state index contributed by atoms with van der Waals surface area (Å²) >= 11 is 0. The van der Waals surface area contributed by atoms with Crippen LogP contribution >= 0.6 is 15.8 Å². The lowest BCUT2D eigenvalue weighted by Gasteiger charge is -2.12. The van der Waals surface area contributed by atoms with Gasteiger partial charge in [0.15, 0.2) is 0 Å². The number of hydrogen-bond donors (Lipinski definition) is 0. The van der Waals surface area contributed by atoms with Gasteiger partial charge in [0.2, 0.25) is 0 Å². The highest BCUT2D eigenvalue weighted by atomic mass is 31.1. The fraction of sp³-hybridized carbons (Fsp3) is 0.636.